The van der Waals surface area contributed by atoms with E-state index in [0.717, 1.165) is 0 Å². The Morgan fingerprint density at radius 3 is 2.05 bits per heavy atom. The van der Waals surface area contributed by atoms with Gasteiger partial charge in [0.1, 0.15) is 15.9 Å². The highest BCUT2D eigenvalue weighted by molar-refractivity contribution is 6.40. The van der Waals surface area contributed by atoms with Gasteiger partial charge in [-0.25, -0.2) is 9.97 Å². The van der Waals surface area contributed by atoms with Crippen molar-refractivity contribution >= 4 is 34.8 Å². The predicted octanol–water partition coefficient (Wildman–Crippen LogP) is 4.99. The monoisotopic (exact) mass is 330 g/mol. The molecule has 0 aliphatic heterocycles. The highest BCUT2D eigenvalue weighted by Gasteiger charge is 2.26. The van der Waals surface area contributed by atoms with E-state index in [1.165, 1.54) is 0 Å². The first-order valence-electron chi connectivity index (χ1n) is 5.90. The number of benzene rings is 1. The quantitative estimate of drug-likeness (QED) is 0.744. The van der Waals surface area contributed by atoms with E-state index in [1.807, 2.05) is 32.0 Å². The predicted molar refractivity (Wildman–Crippen MR) is 82.5 cm³/mol. The van der Waals surface area contributed by atoms with Gasteiger partial charge in [-0.05, 0) is 19.9 Å². The first-order chi connectivity index (χ1) is 9.36. The largest absolute Gasteiger partial charge is 0.371 e. The molecule has 106 valence electrons. The Kier molecular flexibility index (Phi) is 4.55. The summed E-state index contributed by atoms with van der Waals surface area (Å²) in [6, 6.07) is 7.26. The molecule has 0 aliphatic rings. The summed E-state index contributed by atoms with van der Waals surface area (Å²) in [5.41, 5.74) is 0.548. The first-order valence-corrected chi connectivity index (χ1v) is 7.03. The minimum Gasteiger partial charge on any atom is -0.371 e. The van der Waals surface area contributed by atoms with Crippen LogP contribution in [-0.4, -0.2) is 17.1 Å². The molecule has 0 spiro atoms. The van der Waals surface area contributed by atoms with Crippen LogP contribution in [0, 0.1) is 0 Å². The Bertz CT molecular complexity index is 621. The molecule has 1 aromatic heterocycles. The molecule has 0 bridgehead atoms. The molecule has 1 heterocycles. The van der Waals surface area contributed by atoms with Gasteiger partial charge in [0.15, 0.2) is 5.82 Å². The molecule has 20 heavy (non-hydrogen) atoms. The zero-order valence-electron chi connectivity index (χ0n) is 11.2. The van der Waals surface area contributed by atoms with Crippen LogP contribution in [-0.2, 0) is 10.3 Å². The molecule has 0 radical (unpaired) electrons. The molecule has 2 rings (SSSR count). The molecule has 3 nitrogen and oxygen atoms in total. The molecule has 1 aromatic carbocycles. The van der Waals surface area contributed by atoms with Crippen molar-refractivity contribution in [1.29, 1.82) is 0 Å². The maximum absolute atomic E-state index is 6.25. The second-order valence-electron chi connectivity index (χ2n) is 4.70. The van der Waals surface area contributed by atoms with E-state index in [1.54, 1.807) is 13.2 Å². The fraction of sp³-hybridized carbons (Fsp3) is 0.286. The van der Waals surface area contributed by atoms with E-state index in [2.05, 4.69) is 9.97 Å². The van der Waals surface area contributed by atoms with E-state index >= 15 is 0 Å². The lowest BCUT2D eigenvalue weighted by molar-refractivity contribution is 0.0115. The Morgan fingerprint density at radius 1 is 1.00 bits per heavy atom. The van der Waals surface area contributed by atoms with Crippen LogP contribution in [0.1, 0.15) is 19.7 Å². The van der Waals surface area contributed by atoms with Crippen LogP contribution in [0.25, 0.3) is 11.1 Å². The summed E-state index contributed by atoms with van der Waals surface area (Å²) in [5, 5.41) is 1.04. The van der Waals surface area contributed by atoms with Gasteiger partial charge in [0.25, 0.3) is 0 Å². The van der Waals surface area contributed by atoms with E-state index in [9.17, 15) is 0 Å². The number of hydrogen-bond acceptors (Lipinski definition) is 3. The summed E-state index contributed by atoms with van der Waals surface area (Å²) >= 11 is 18.7. The summed E-state index contributed by atoms with van der Waals surface area (Å²) in [5.74, 6) is 0.422. The van der Waals surface area contributed by atoms with Crippen molar-refractivity contribution in [2.75, 3.05) is 7.11 Å². The highest BCUT2D eigenvalue weighted by Crippen LogP contribution is 2.37. The third-order valence-electron chi connectivity index (χ3n) is 3.01. The molecule has 0 unspecified atom stereocenters. The maximum Gasteiger partial charge on any atom is 0.163 e. The van der Waals surface area contributed by atoms with Gasteiger partial charge < -0.3 is 4.74 Å². The third kappa shape index (κ3) is 2.91. The number of aromatic nitrogens is 2. The van der Waals surface area contributed by atoms with Crippen molar-refractivity contribution in [1.82, 2.24) is 9.97 Å². The molecule has 0 atom stereocenters. The molecule has 0 aliphatic carbocycles. The van der Waals surface area contributed by atoms with Crippen molar-refractivity contribution in [2.45, 2.75) is 19.4 Å². The maximum atomic E-state index is 6.25. The SMILES string of the molecule is COC(C)(C)c1nc(Cl)c(-c2ccccc2Cl)c(Cl)n1. The highest BCUT2D eigenvalue weighted by atomic mass is 35.5. The standard InChI is InChI=1S/C14H13Cl3N2O/c1-14(2,20-3)13-18-11(16)10(12(17)19-13)8-6-4-5-7-9(8)15/h4-7H,1-3H3. The zero-order chi connectivity index (χ0) is 14.9. The van der Waals surface area contributed by atoms with Gasteiger partial charge in [-0.2, -0.15) is 0 Å². The van der Waals surface area contributed by atoms with Crippen molar-refractivity contribution in [2.24, 2.45) is 0 Å². The Balaban J connectivity index is 2.62. The summed E-state index contributed by atoms with van der Waals surface area (Å²) < 4.78 is 5.33. The molecule has 0 fully saturated rings. The summed E-state index contributed by atoms with van der Waals surface area (Å²) in [7, 11) is 1.58. The van der Waals surface area contributed by atoms with E-state index in [4.69, 9.17) is 39.5 Å². The van der Waals surface area contributed by atoms with Crippen LogP contribution in [0.4, 0.5) is 0 Å². The third-order valence-corrected chi connectivity index (χ3v) is 3.89. The number of methoxy groups -OCH3 is 1. The average Bonchev–Trinajstić information content (AvgIpc) is 2.40. The van der Waals surface area contributed by atoms with Crippen LogP contribution in [0.2, 0.25) is 15.3 Å². The second kappa shape index (κ2) is 5.86. The fourth-order valence-electron chi connectivity index (χ4n) is 1.65. The number of ether oxygens (including phenoxy) is 1. The fourth-order valence-corrected chi connectivity index (χ4v) is 2.48. The van der Waals surface area contributed by atoms with Crippen LogP contribution in [0.5, 0.6) is 0 Å². The van der Waals surface area contributed by atoms with Crippen LogP contribution in [0.3, 0.4) is 0 Å². The van der Waals surface area contributed by atoms with E-state index in [0.29, 0.717) is 22.0 Å². The molecule has 2 aromatic rings. The van der Waals surface area contributed by atoms with Crippen molar-refractivity contribution in [3.63, 3.8) is 0 Å². The molecular weight excluding hydrogens is 319 g/mol. The lowest BCUT2D eigenvalue weighted by Gasteiger charge is -2.22. The zero-order valence-corrected chi connectivity index (χ0v) is 13.5. The van der Waals surface area contributed by atoms with Gasteiger partial charge in [-0.3, -0.25) is 0 Å². The van der Waals surface area contributed by atoms with Gasteiger partial charge in [0, 0.05) is 17.7 Å². The lowest BCUT2D eigenvalue weighted by atomic mass is 10.1. The minimum atomic E-state index is -0.674. The van der Waals surface area contributed by atoms with Gasteiger partial charge in [0.05, 0.1) is 5.56 Å². The summed E-state index contributed by atoms with van der Waals surface area (Å²) in [6.45, 7) is 3.67. The number of halogens is 3. The Hall–Kier alpha value is -0.870. The van der Waals surface area contributed by atoms with Crippen LogP contribution >= 0.6 is 34.8 Å². The Morgan fingerprint density at radius 2 is 1.55 bits per heavy atom. The normalized spacial score (nSPS) is 11.7. The van der Waals surface area contributed by atoms with Crippen molar-refractivity contribution in [3.8, 4) is 11.1 Å². The molecule has 0 amide bonds. The lowest BCUT2D eigenvalue weighted by Crippen LogP contribution is -2.23. The van der Waals surface area contributed by atoms with Gasteiger partial charge in [-0.1, -0.05) is 53.0 Å². The Labute approximate surface area is 132 Å². The summed E-state index contributed by atoms with van der Waals surface area (Å²) in [6.07, 6.45) is 0. The summed E-state index contributed by atoms with van der Waals surface area (Å²) in [4.78, 5) is 8.56. The van der Waals surface area contributed by atoms with E-state index < -0.39 is 5.60 Å². The van der Waals surface area contributed by atoms with Crippen LogP contribution < -0.4 is 0 Å². The number of hydrogen-bond donors (Lipinski definition) is 0. The van der Waals surface area contributed by atoms with E-state index in [-0.39, 0.29) is 10.3 Å². The topological polar surface area (TPSA) is 35.0 Å². The molecule has 6 heteroatoms. The minimum absolute atomic E-state index is 0.248. The number of nitrogens with zero attached hydrogens (tertiary/aromatic N) is 2. The molecule has 0 saturated carbocycles. The average molecular weight is 332 g/mol. The number of rotatable bonds is 3. The van der Waals surface area contributed by atoms with Crippen molar-refractivity contribution in [3.05, 3.63) is 45.4 Å². The van der Waals surface area contributed by atoms with Gasteiger partial charge >= 0.3 is 0 Å². The van der Waals surface area contributed by atoms with Gasteiger partial charge in [0.2, 0.25) is 0 Å². The first kappa shape index (κ1) is 15.5. The smallest absolute Gasteiger partial charge is 0.163 e. The molecule has 0 N–H and O–H groups in total. The van der Waals surface area contributed by atoms with Crippen LogP contribution in [0.15, 0.2) is 24.3 Å². The van der Waals surface area contributed by atoms with Crippen molar-refractivity contribution < 1.29 is 4.74 Å². The second-order valence-corrected chi connectivity index (χ2v) is 5.82. The van der Waals surface area contributed by atoms with Gasteiger partial charge in [-0.15, -0.1) is 0 Å². The molecular formula is C14H13Cl3N2O. The molecule has 0 saturated heterocycles.